The van der Waals surface area contributed by atoms with Gasteiger partial charge in [0.05, 0.1) is 12.1 Å². The topological polar surface area (TPSA) is 77.3 Å². The van der Waals surface area contributed by atoms with Crippen molar-refractivity contribution in [1.82, 2.24) is 15.5 Å². The highest BCUT2D eigenvalue weighted by atomic mass is 35.5. The average Bonchev–Trinajstić information content (AvgIpc) is 3.25. The summed E-state index contributed by atoms with van der Waals surface area (Å²) in [5, 5.41) is 11.6. The average molecular weight is 350 g/mol. The van der Waals surface area contributed by atoms with Crippen molar-refractivity contribution in [2.75, 3.05) is 6.61 Å². The van der Waals surface area contributed by atoms with Crippen LogP contribution in [0.4, 0.5) is 0 Å². The zero-order valence-electron chi connectivity index (χ0n) is 13.5. The maximum Gasteiger partial charge on any atom is 0.247 e. The number of halogens is 1. The summed E-state index contributed by atoms with van der Waals surface area (Å²) < 4.78 is 11.2. The molecule has 1 aromatic carbocycles. The fourth-order valence-electron chi connectivity index (χ4n) is 2.70. The predicted molar refractivity (Wildman–Crippen MR) is 89.6 cm³/mol. The van der Waals surface area contributed by atoms with Crippen LogP contribution in [0, 0.1) is 0 Å². The molecular formula is C17H20ClN3O3. The zero-order valence-corrected chi connectivity index (χ0v) is 14.3. The first-order chi connectivity index (χ1) is 11.6. The Kier molecular flexibility index (Phi) is 5.48. The molecule has 2 atom stereocenters. The number of benzene rings is 1. The van der Waals surface area contributed by atoms with E-state index in [1.165, 1.54) is 0 Å². The van der Waals surface area contributed by atoms with Gasteiger partial charge in [-0.2, -0.15) is 0 Å². The summed E-state index contributed by atoms with van der Waals surface area (Å²) in [7, 11) is 0. The number of ether oxygens (including phenoxy) is 1. The number of rotatable bonds is 6. The molecule has 0 saturated carbocycles. The Balaban J connectivity index is 1.49. The monoisotopic (exact) mass is 349 g/mol. The Hall–Kier alpha value is -1.92. The van der Waals surface area contributed by atoms with Crippen molar-refractivity contribution in [3.8, 4) is 11.5 Å². The number of hydrogen-bond acceptors (Lipinski definition) is 5. The minimum absolute atomic E-state index is 0.0207. The van der Waals surface area contributed by atoms with Crippen molar-refractivity contribution in [1.29, 1.82) is 0 Å². The van der Waals surface area contributed by atoms with Crippen molar-refractivity contribution >= 4 is 17.5 Å². The summed E-state index contributed by atoms with van der Waals surface area (Å²) >= 11 is 5.86. The Labute approximate surface area is 145 Å². The van der Waals surface area contributed by atoms with Gasteiger partial charge in [0.1, 0.15) is 0 Å². The number of carbonyl (C=O) groups excluding carboxylic acids is 1. The van der Waals surface area contributed by atoms with E-state index in [0.29, 0.717) is 29.6 Å². The molecule has 0 radical (unpaired) electrons. The number of nitrogens with one attached hydrogen (secondary N) is 1. The van der Waals surface area contributed by atoms with Crippen molar-refractivity contribution in [3.63, 3.8) is 0 Å². The smallest absolute Gasteiger partial charge is 0.247 e. The van der Waals surface area contributed by atoms with Crippen LogP contribution in [0.5, 0.6) is 0 Å². The molecule has 2 heterocycles. The van der Waals surface area contributed by atoms with E-state index in [2.05, 4.69) is 15.5 Å². The van der Waals surface area contributed by atoms with Gasteiger partial charge in [-0.05, 0) is 44.0 Å². The molecule has 24 heavy (non-hydrogen) atoms. The lowest BCUT2D eigenvalue weighted by atomic mass is 10.1. The third-order valence-corrected chi connectivity index (χ3v) is 4.29. The van der Waals surface area contributed by atoms with Crippen LogP contribution in [0.2, 0.25) is 5.02 Å². The summed E-state index contributed by atoms with van der Waals surface area (Å²) in [5.41, 5.74) is 0.801. The largest absolute Gasteiger partial charge is 0.421 e. The molecule has 0 spiro atoms. The molecule has 1 saturated heterocycles. The zero-order chi connectivity index (χ0) is 16.9. The van der Waals surface area contributed by atoms with E-state index in [9.17, 15) is 4.79 Å². The minimum atomic E-state index is -0.0377. The highest BCUT2D eigenvalue weighted by molar-refractivity contribution is 6.30. The summed E-state index contributed by atoms with van der Waals surface area (Å²) in [6.45, 7) is 2.75. The molecule has 1 aromatic heterocycles. The molecule has 1 N–H and O–H groups in total. The molecule has 1 aliphatic heterocycles. The number of hydrogen-bond donors (Lipinski definition) is 1. The summed E-state index contributed by atoms with van der Waals surface area (Å²) in [6, 6.07) is 7.18. The van der Waals surface area contributed by atoms with E-state index in [1.54, 1.807) is 12.1 Å². The maximum atomic E-state index is 12.0. The normalized spacial score (nSPS) is 18.5. The number of aryl methyl sites for hydroxylation is 1. The van der Waals surface area contributed by atoms with Crippen LogP contribution in [-0.4, -0.2) is 34.9 Å². The molecular weight excluding hydrogens is 330 g/mol. The van der Waals surface area contributed by atoms with Crippen molar-refractivity contribution < 1.29 is 13.9 Å². The molecule has 1 aliphatic rings. The summed E-state index contributed by atoms with van der Waals surface area (Å²) in [6.07, 6.45) is 2.88. The SMILES string of the molecule is C[C@H](NC(=O)CCc1nnc(-c2ccc(Cl)cc2)o1)[C@@H]1CCCO1. The van der Waals surface area contributed by atoms with Crippen LogP contribution in [0.25, 0.3) is 11.5 Å². The van der Waals surface area contributed by atoms with E-state index in [0.717, 1.165) is 25.0 Å². The fourth-order valence-corrected chi connectivity index (χ4v) is 2.83. The summed E-state index contributed by atoms with van der Waals surface area (Å²) in [5.74, 6) is 0.832. The number of carbonyl (C=O) groups is 1. The highest BCUT2D eigenvalue weighted by Gasteiger charge is 2.23. The van der Waals surface area contributed by atoms with Crippen molar-refractivity contribution in [3.05, 3.63) is 35.2 Å². The van der Waals surface area contributed by atoms with Gasteiger partial charge >= 0.3 is 0 Å². The lowest BCUT2D eigenvalue weighted by Crippen LogP contribution is -2.40. The van der Waals surface area contributed by atoms with Gasteiger partial charge in [0.2, 0.25) is 17.7 Å². The van der Waals surface area contributed by atoms with Gasteiger partial charge < -0.3 is 14.5 Å². The van der Waals surface area contributed by atoms with Crippen LogP contribution < -0.4 is 5.32 Å². The Morgan fingerprint density at radius 3 is 2.88 bits per heavy atom. The minimum Gasteiger partial charge on any atom is -0.421 e. The quantitative estimate of drug-likeness (QED) is 0.867. The Morgan fingerprint density at radius 1 is 1.38 bits per heavy atom. The predicted octanol–water partition coefficient (Wildman–Crippen LogP) is 3.01. The second-order valence-electron chi connectivity index (χ2n) is 5.92. The van der Waals surface area contributed by atoms with E-state index in [4.69, 9.17) is 20.8 Å². The molecule has 2 aromatic rings. The molecule has 0 aliphatic carbocycles. The second-order valence-corrected chi connectivity index (χ2v) is 6.35. The number of nitrogens with zero attached hydrogens (tertiary/aromatic N) is 2. The van der Waals surface area contributed by atoms with E-state index in [-0.39, 0.29) is 18.1 Å². The lowest BCUT2D eigenvalue weighted by molar-refractivity contribution is -0.122. The van der Waals surface area contributed by atoms with Gasteiger partial charge in [-0.15, -0.1) is 10.2 Å². The van der Waals surface area contributed by atoms with Gasteiger partial charge in [-0.3, -0.25) is 4.79 Å². The molecule has 7 heteroatoms. The van der Waals surface area contributed by atoms with E-state index >= 15 is 0 Å². The third-order valence-electron chi connectivity index (χ3n) is 4.04. The fraction of sp³-hybridized carbons (Fsp3) is 0.471. The van der Waals surface area contributed by atoms with Crippen LogP contribution in [0.3, 0.4) is 0 Å². The molecule has 6 nitrogen and oxygen atoms in total. The summed E-state index contributed by atoms with van der Waals surface area (Å²) in [4.78, 5) is 12.0. The maximum absolute atomic E-state index is 12.0. The molecule has 1 fully saturated rings. The first kappa shape index (κ1) is 16.9. The van der Waals surface area contributed by atoms with Gasteiger partial charge in [0.15, 0.2) is 0 Å². The Bertz CT molecular complexity index is 681. The molecule has 0 unspecified atom stereocenters. The highest BCUT2D eigenvalue weighted by Crippen LogP contribution is 2.20. The van der Waals surface area contributed by atoms with E-state index in [1.807, 2.05) is 19.1 Å². The van der Waals surface area contributed by atoms with Gasteiger partial charge in [0, 0.05) is 30.0 Å². The van der Waals surface area contributed by atoms with Gasteiger partial charge in [-0.1, -0.05) is 11.6 Å². The lowest BCUT2D eigenvalue weighted by Gasteiger charge is -2.19. The van der Waals surface area contributed by atoms with Crippen molar-refractivity contribution in [2.45, 2.75) is 44.8 Å². The van der Waals surface area contributed by atoms with Crippen LogP contribution in [0.15, 0.2) is 28.7 Å². The van der Waals surface area contributed by atoms with Gasteiger partial charge in [0.25, 0.3) is 0 Å². The van der Waals surface area contributed by atoms with Crippen LogP contribution >= 0.6 is 11.6 Å². The second kappa shape index (κ2) is 7.77. The molecule has 3 rings (SSSR count). The number of aromatic nitrogens is 2. The standard InChI is InChI=1S/C17H20ClN3O3/c1-11(14-3-2-10-23-14)19-15(22)8-9-16-20-21-17(24-16)12-4-6-13(18)7-5-12/h4-7,11,14H,2-3,8-10H2,1H3,(H,19,22)/t11-,14-/m0/s1. The van der Waals surface area contributed by atoms with Crippen LogP contribution in [-0.2, 0) is 16.0 Å². The molecule has 128 valence electrons. The molecule has 0 bridgehead atoms. The van der Waals surface area contributed by atoms with Crippen LogP contribution in [0.1, 0.15) is 32.1 Å². The first-order valence-electron chi connectivity index (χ1n) is 8.11. The third kappa shape index (κ3) is 4.33. The molecule has 1 amide bonds. The Morgan fingerprint density at radius 2 is 2.17 bits per heavy atom. The number of amides is 1. The van der Waals surface area contributed by atoms with Crippen molar-refractivity contribution in [2.24, 2.45) is 0 Å². The van der Waals surface area contributed by atoms with E-state index < -0.39 is 0 Å². The van der Waals surface area contributed by atoms with Gasteiger partial charge in [-0.25, -0.2) is 0 Å². The first-order valence-corrected chi connectivity index (χ1v) is 8.49.